The monoisotopic (exact) mass is 316 g/mol. The maximum absolute atomic E-state index is 12.5. The van der Waals surface area contributed by atoms with E-state index in [-0.39, 0.29) is 30.5 Å². The zero-order valence-corrected chi connectivity index (χ0v) is 12.3. The molecule has 120 valence electrons. The van der Waals surface area contributed by atoms with Crippen LogP contribution in [0.5, 0.6) is 0 Å². The van der Waals surface area contributed by atoms with Gasteiger partial charge in [0.25, 0.3) is 5.91 Å². The van der Waals surface area contributed by atoms with Crippen LogP contribution >= 0.6 is 0 Å². The van der Waals surface area contributed by atoms with Crippen molar-refractivity contribution in [3.05, 3.63) is 24.4 Å². The van der Waals surface area contributed by atoms with Gasteiger partial charge >= 0.3 is 0 Å². The van der Waals surface area contributed by atoms with Crippen LogP contribution in [-0.2, 0) is 19.2 Å². The summed E-state index contributed by atoms with van der Waals surface area (Å²) in [6.45, 7) is 0. The highest BCUT2D eigenvalue weighted by atomic mass is 16.2. The topological polar surface area (TPSA) is 108 Å². The molecule has 2 aliphatic rings. The molecule has 2 aliphatic heterocycles. The maximum Gasteiger partial charge on any atom is 0.257 e. The van der Waals surface area contributed by atoms with Crippen molar-refractivity contribution in [3.63, 3.8) is 0 Å². The molecular formula is C15H16N4O4. The number of rotatable bonds is 3. The van der Waals surface area contributed by atoms with Crippen molar-refractivity contribution in [1.82, 2.24) is 15.6 Å². The first-order chi connectivity index (χ1) is 11.1. The highest BCUT2D eigenvalue weighted by molar-refractivity contribution is 6.18. The second-order valence-electron chi connectivity index (χ2n) is 5.51. The Labute approximate surface area is 132 Å². The van der Waals surface area contributed by atoms with Crippen molar-refractivity contribution < 1.29 is 19.2 Å². The first kappa shape index (κ1) is 15.1. The van der Waals surface area contributed by atoms with Crippen molar-refractivity contribution in [2.24, 2.45) is 0 Å². The molecule has 0 saturated carbocycles. The molecule has 2 fully saturated rings. The Morgan fingerprint density at radius 2 is 2.04 bits per heavy atom. The van der Waals surface area contributed by atoms with E-state index in [0.29, 0.717) is 12.8 Å². The summed E-state index contributed by atoms with van der Waals surface area (Å²) >= 11 is 0. The Morgan fingerprint density at radius 1 is 1.22 bits per heavy atom. The number of imide groups is 1. The molecule has 0 radical (unpaired) electrons. The molecule has 8 heteroatoms. The van der Waals surface area contributed by atoms with Gasteiger partial charge in [0.15, 0.2) is 0 Å². The van der Waals surface area contributed by atoms with Gasteiger partial charge in [-0.25, -0.2) is 9.88 Å². The van der Waals surface area contributed by atoms with E-state index in [1.807, 2.05) is 0 Å². The zero-order valence-electron chi connectivity index (χ0n) is 12.3. The average Bonchev–Trinajstić information content (AvgIpc) is 2.98. The van der Waals surface area contributed by atoms with Crippen LogP contribution in [0.2, 0.25) is 0 Å². The number of hydrogen-bond donors (Lipinski definition) is 2. The molecule has 1 aromatic heterocycles. The molecule has 0 spiro atoms. The third-order valence-electron chi connectivity index (χ3n) is 3.92. The van der Waals surface area contributed by atoms with Crippen molar-refractivity contribution in [3.8, 4) is 0 Å². The van der Waals surface area contributed by atoms with Gasteiger partial charge in [-0.15, -0.1) is 0 Å². The lowest BCUT2D eigenvalue weighted by atomic mass is 10.0. The van der Waals surface area contributed by atoms with Gasteiger partial charge < -0.3 is 10.6 Å². The number of amides is 4. The first-order valence-electron chi connectivity index (χ1n) is 7.44. The lowest BCUT2D eigenvalue weighted by molar-refractivity contribution is -0.134. The number of anilines is 1. The van der Waals surface area contributed by atoms with Gasteiger partial charge in [-0.1, -0.05) is 6.07 Å². The third kappa shape index (κ3) is 3.05. The fourth-order valence-corrected chi connectivity index (χ4v) is 2.73. The summed E-state index contributed by atoms with van der Waals surface area (Å²) in [4.78, 5) is 52.9. The predicted molar refractivity (Wildman–Crippen MR) is 79.1 cm³/mol. The molecule has 2 unspecified atom stereocenters. The molecule has 2 atom stereocenters. The number of nitrogens with one attached hydrogen (secondary N) is 2. The van der Waals surface area contributed by atoms with E-state index in [2.05, 4.69) is 15.6 Å². The molecule has 3 rings (SSSR count). The molecule has 8 nitrogen and oxygen atoms in total. The van der Waals surface area contributed by atoms with Crippen LogP contribution < -0.4 is 15.5 Å². The van der Waals surface area contributed by atoms with Crippen molar-refractivity contribution in [1.29, 1.82) is 0 Å². The van der Waals surface area contributed by atoms with E-state index in [1.54, 1.807) is 18.2 Å². The highest BCUT2D eigenvalue weighted by Crippen LogP contribution is 2.20. The second-order valence-corrected chi connectivity index (χ2v) is 5.51. The van der Waals surface area contributed by atoms with Crippen LogP contribution in [0.15, 0.2) is 24.4 Å². The standard InChI is InChI=1S/C15H16N4O4/c20-12-6-4-9(17-12)14(22)18-10-5-7-13(21)19(15(10)23)11-3-1-2-8-16-11/h1-3,8-10H,4-7H2,(H,17,20)(H,18,22). The van der Waals surface area contributed by atoms with Crippen LogP contribution in [0.1, 0.15) is 25.7 Å². The van der Waals surface area contributed by atoms with E-state index in [1.165, 1.54) is 6.20 Å². The zero-order chi connectivity index (χ0) is 16.4. The number of carbonyl (C=O) groups excluding carboxylic acids is 4. The minimum atomic E-state index is -0.792. The Hall–Kier alpha value is -2.77. The summed E-state index contributed by atoms with van der Waals surface area (Å²) in [6, 6.07) is 3.52. The van der Waals surface area contributed by atoms with Gasteiger partial charge in [-0.2, -0.15) is 0 Å². The molecule has 0 aliphatic carbocycles. The van der Waals surface area contributed by atoms with Crippen LogP contribution in [-0.4, -0.2) is 40.7 Å². The van der Waals surface area contributed by atoms with E-state index in [4.69, 9.17) is 0 Å². The Kier molecular flexibility index (Phi) is 4.05. The summed E-state index contributed by atoms with van der Waals surface area (Å²) in [7, 11) is 0. The average molecular weight is 316 g/mol. The van der Waals surface area contributed by atoms with Gasteiger partial charge in [0.2, 0.25) is 17.7 Å². The van der Waals surface area contributed by atoms with E-state index >= 15 is 0 Å². The van der Waals surface area contributed by atoms with Gasteiger partial charge in [-0.05, 0) is 25.0 Å². The van der Waals surface area contributed by atoms with Crippen molar-refractivity contribution in [2.75, 3.05) is 4.90 Å². The fourth-order valence-electron chi connectivity index (χ4n) is 2.73. The first-order valence-corrected chi connectivity index (χ1v) is 7.44. The molecule has 1 aromatic rings. The van der Waals surface area contributed by atoms with Crippen LogP contribution in [0, 0.1) is 0 Å². The Bertz CT molecular complexity index is 661. The van der Waals surface area contributed by atoms with Gasteiger partial charge in [0.1, 0.15) is 17.9 Å². The number of aromatic nitrogens is 1. The number of hydrogen-bond acceptors (Lipinski definition) is 5. The van der Waals surface area contributed by atoms with Gasteiger partial charge in [-0.3, -0.25) is 19.2 Å². The number of pyridine rings is 1. The van der Waals surface area contributed by atoms with Crippen LogP contribution in [0.25, 0.3) is 0 Å². The third-order valence-corrected chi connectivity index (χ3v) is 3.92. The maximum atomic E-state index is 12.5. The molecule has 3 heterocycles. The summed E-state index contributed by atoms with van der Waals surface area (Å²) in [5, 5.41) is 5.18. The van der Waals surface area contributed by atoms with Gasteiger partial charge in [0.05, 0.1) is 0 Å². The summed E-state index contributed by atoms with van der Waals surface area (Å²) in [6.07, 6.45) is 2.59. The molecular weight excluding hydrogens is 300 g/mol. The highest BCUT2D eigenvalue weighted by Gasteiger charge is 2.38. The predicted octanol–water partition coefficient (Wildman–Crippen LogP) is -0.502. The minimum absolute atomic E-state index is 0.143. The second kappa shape index (κ2) is 6.15. The molecule has 0 aromatic carbocycles. The largest absolute Gasteiger partial charge is 0.344 e. The van der Waals surface area contributed by atoms with E-state index in [9.17, 15) is 19.2 Å². The molecule has 2 saturated heterocycles. The summed E-state index contributed by atoms with van der Waals surface area (Å²) in [5.41, 5.74) is 0. The lowest BCUT2D eigenvalue weighted by Crippen LogP contribution is -2.57. The molecule has 4 amide bonds. The Morgan fingerprint density at radius 3 is 2.70 bits per heavy atom. The van der Waals surface area contributed by atoms with Crippen molar-refractivity contribution >= 4 is 29.4 Å². The number of nitrogens with zero attached hydrogens (tertiary/aromatic N) is 2. The number of piperidine rings is 1. The normalized spacial score (nSPS) is 24.5. The molecule has 2 N–H and O–H groups in total. The molecule has 0 bridgehead atoms. The van der Waals surface area contributed by atoms with Crippen LogP contribution in [0.3, 0.4) is 0 Å². The Balaban J connectivity index is 1.71. The van der Waals surface area contributed by atoms with E-state index in [0.717, 1.165) is 4.90 Å². The summed E-state index contributed by atoms with van der Waals surface area (Å²) in [5.74, 6) is -1.17. The molecule has 23 heavy (non-hydrogen) atoms. The lowest BCUT2D eigenvalue weighted by Gasteiger charge is -2.30. The van der Waals surface area contributed by atoms with Gasteiger partial charge in [0, 0.05) is 19.0 Å². The fraction of sp³-hybridized carbons (Fsp3) is 0.400. The van der Waals surface area contributed by atoms with E-state index < -0.39 is 23.9 Å². The number of carbonyl (C=O) groups is 4. The summed E-state index contributed by atoms with van der Waals surface area (Å²) < 4.78 is 0. The van der Waals surface area contributed by atoms with Crippen LogP contribution in [0.4, 0.5) is 5.82 Å². The quantitative estimate of drug-likeness (QED) is 0.731. The smallest absolute Gasteiger partial charge is 0.257 e. The van der Waals surface area contributed by atoms with Crippen molar-refractivity contribution in [2.45, 2.75) is 37.8 Å². The SMILES string of the molecule is O=C1CCC(C(=O)NC2CCC(=O)N(c3ccccn3)C2=O)N1. The minimum Gasteiger partial charge on any atom is -0.344 e.